The second kappa shape index (κ2) is 7.59. The van der Waals surface area contributed by atoms with Crippen LogP contribution in [0.1, 0.15) is 39.2 Å². The molecule has 1 N–H and O–H groups in total. The van der Waals surface area contributed by atoms with Gasteiger partial charge in [0.25, 0.3) is 0 Å². The highest BCUT2D eigenvalue weighted by molar-refractivity contribution is 6.15. The Labute approximate surface area is 148 Å². The number of benzene rings is 1. The van der Waals surface area contributed by atoms with Crippen LogP contribution in [0.3, 0.4) is 0 Å². The molecule has 1 aromatic rings. The Morgan fingerprint density at radius 3 is 2.40 bits per heavy atom. The van der Waals surface area contributed by atoms with E-state index in [9.17, 15) is 14.7 Å². The molecule has 1 atom stereocenters. The van der Waals surface area contributed by atoms with Crippen molar-refractivity contribution in [2.45, 2.75) is 45.3 Å². The van der Waals surface area contributed by atoms with Crippen molar-refractivity contribution in [2.75, 3.05) is 13.7 Å². The van der Waals surface area contributed by atoms with Crippen LogP contribution in [-0.2, 0) is 9.53 Å². The van der Waals surface area contributed by atoms with Gasteiger partial charge >= 0.3 is 12.1 Å². The summed E-state index contributed by atoms with van der Waals surface area (Å²) in [5.74, 6) is -0.369. The lowest BCUT2D eigenvalue weighted by molar-refractivity contribution is -0.130. The molecule has 2 rings (SSSR count). The highest BCUT2D eigenvalue weighted by Crippen LogP contribution is 2.26. The molecule has 6 heteroatoms. The van der Waals surface area contributed by atoms with Crippen LogP contribution in [0.5, 0.6) is 5.75 Å². The third-order valence-corrected chi connectivity index (χ3v) is 3.92. The number of hydrogen-bond acceptors (Lipinski definition) is 4. The first-order valence-electron chi connectivity index (χ1n) is 8.30. The van der Waals surface area contributed by atoms with Gasteiger partial charge in [-0.2, -0.15) is 0 Å². The van der Waals surface area contributed by atoms with Gasteiger partial charge in [-0.15, -0.1) is 0 Å². The Kier molecular flexibility index (Phi) is 5.72. The van der Waals surface area contributed by atoms with Crippen molar-refractivity contribution >= 4 is 17.6 Å². The molecule has 1 unspecified atom stereocenters. The van der Waals surface area contributed by atoms with Crippen LogP contribution >= 0.6 is 0 Å². The van der Waals surface area contributed by atoms with E-state index < -0.39 is 17.7 Å². The van der Waals surface area contributed by atoms with Crippen LogP contribution in [0.4, 0.5) is 4.79 Å². The van der Waals surface area contributed by atoms with Crippen molar-refractivity contribution in [2.24, 2.45) is 0 Å². The van der Waals surface area contributed by atoms with E-state index in [-0.39, 0.29) is 11.6 Å². The van der Waals surface area contributed by atoms with Gasteiger partial charge in [0.1, 0.15) is 11.4 Å². The van der Waals surface area contributed by atoms with Gasteiger partial charge in [0.05, 0.1) is 18.7 Å². The Morgan fingerprint density at radius 2 is 1.88 bits per heavy atom. The first-order chi connectivity index (χ1) is 11.7. The number of amides is 1. The normalized spacial score (nSPS) is 18.2. The Balaban J connectivity index is 2.25. The van der Waals surface area contributed by atoms with Crippen molar-refractivity contribution in [3.8, 4) is 5.75 Å². The molecule has 1 fully saturated rings. The summed E-state index contributed by atoms with van der Waals surface area (Å²) in [6, 6.07) is 6.54. The molecule has 0 radical (unpaired) electrons. The van der Waals surface area contributed by atoms with Gasteiger partial charge in [0, 0.05) is 6.54 Å². The zero-order chi connectivity index (χ0) is 18.6. The molecule has 1 aromatic carbocycles. The standard InChI is InChI=1S/C19H25NO5/c1-19(2,3)25-18(23)20-11-5-6-14(20)12-16(17(21)22)13-7-9-15(24-4)10-8-13/h7-10,12,14H,5-6,11H2,1-4H3,(H,21,22)/b16-12-. The summed E-state index contributed by atoms with van der Waals surface area (Å²) in [7, 11) is 1.56. The third kappa shape index (κ3) is 4.98. The summed E-state index contributed by atoms with van der Waals surface area (Å²) in [6.45, 7) is 6.00. The lowest BCUT2D eigenvalue weighted by Gasteiger charge is -2.27. The van der Waals surface area contributed by atoms with Crippen LogP contribution in [0.2, 0.25) is 0 Å². The smallest absolute Gasteiger partial charge is 0.410 e. The second-order valence-electron chi connectivity index (χ2n) is 7.00. The molecule has 0 spiro atoms. The lowest BCUT2D eigenvalue weighted by atomic mass is 10.0. The largest absolute Gasteiger partial charge is 0.497 e. The molecule has 136 valence electrons. The average Bonchev–Trinajstić information content (AvgIpc) is 2.99. The number of aliphatic carboxylic acids is 1. The monoisotopic (exact) mass is 347 g/mol. The van der Waals surface area contributed by atoms with Gasteiger partial charge in [-0.3, -0.25) is 0 Å². The van der Waals surface area contributed by atoms with Crippen LogP contribution < -0.4 is 4.74 Å². The Hall–Kier alpha value is -2.50. The second-order valence-corrected chi connectivity index (χ2v) is 7.00. The summed E-state index contributed by atoms with van der Waals surface area (Å²) in [5.41, 5.74) is 0.159. The Bertz CT molecular complexity index is 657. The van der Waals surface area contributed by atoms with Gasteiger partial charge in [0.2, 0.25) is 0 Å². The quantitative estimate of drug-likeness (QED) is 0.843. The van der Waals surface area contributed by atoms with E-state index in [4.69, 9.17) is 9.47 Å². The average molecular weight is 347 g/mol. The van der Waals surface area contributed by atoms with E-state index in [2.05, 4.69) is 0 Å². The van der Waals surface area contributed by atoms with Gasteiger partial charge in [-0.05, 0) is 57.4 Å². The molecule has 1 amide bonds. The molecule has 0 aromatic heterocycles. The van der Waals surface area contributed by atoms with E-state index in [0.717, 1.165) is 6.42 Å². The molecule has 1 saturated heterocycles. The van der Waals surface area contributed by atoms with E-state index in [1.807, 2.05) is 20.8 Å². The fourth-order valence-electron chi connectivity index (χ4n) is 2.77. The predicted octanol–water partition coefficient (Wildman–Crippen LogP) is 3.56. The van der Waals surface area contributed by atoms with Crippen LogP contribution in [0, 0.1) is 0 Å². The molecule has 25 heavy (non-hydrogen) atoms. The summed E-state index contributed by atoms with van der Waals surface area (Å²) in [4.78, 5) is 25.7. The fraction of sp³-hybridized carbons (Fsp3) is 0.474. The molecule has 1 aliphatic heterocycles. The molecule has 6 nitrogen and oxygen atoms in total. The summed E-state index contributed by atoms with van der Waals surface area (Å²) < 4.78 is 10.5. The molecule has 1 aliphatic rings. The van der Waals surface area contributed by atoms with Gasteiger partial charge in [0.15, 0.2) is 0 Å². The number of methoxy groups -OCH3 is 1. The number of likely N-dealkylation sites (tertiary alicyclic amines) is 1. The highest BCUT2D eigenvalue weighted by atomic mass is 16.6. The summed E-state index contributed by atoms with van der Waals surface area (Å²) >= 11 is 0. The van der Waals surface area contributed by atoms with Crippen LogP contribution in [0.15, 0.2) is 30.3 Å². The molecular weight excluding hydrogens is 322 g/mol. The van der Waals surface area contributed by atoms with Crippen molar-refractivity contribution in [1.82, 2.24) is 4.90 Å². The third-order valence-electron chi connectivity index (χ3n) is 3.92. The fourth-order valence-corrected chi connectivity index (χ4v) is 2.77. The molecular formula is C19H25NO5. The number of hydrogen-bond donors (Lipinski definition) is 1. The minimum Gasteiger partial charge on any atom is -0.497 e. The van der Waals surface area contributed by atoms with E-state index in [1.165, 1.54) is 0 Å². The highest BCUT2D eigenvalue weighted by Gasteiger charge is 2.32. The topological polar surface area (TPSA) is 76.1 Å². The maximum atomic E-state index is 12.4. The van der Waals surface area contributed by atoms with Crippen LogP contribution in [0.25, 0.3) is 5.57 Å². The number of ether oxygens (including phenoxy) is 2. The van der Waals surface area contributed by atoms with E-state index in [1.54, 1.807) is 42.4 Å². The first kappa shape index (κ1) is 18.8. The molecule has 0 bridgehead atoms. The van der Waals surface area contributed by atoms with Crippen molar-refractivity contribution in [3.05, 3.63) is 35.9 Å². The Morgan fingerprint density at radius 1 is 1.24 bits per heavy atom. The van der Waals surface area contributed by atoms with Gasteiger partial charge in [-0.25, -0.2) is 9.59 Å². The maximum Gasteiger partial charge on any atom is 0.410 e. The number of carbonyl (C=O) groups is 2. The maximum absolute atomic E-state index is 12.4. The van der Waals surface area contributed by atoms with Crippen molar-refractivity contribution in [3.63, 3.8) is 0 Å². The molecule has 1 heterocycles. The van der Waals surface area contributed by atoms with Crippen LogP contribution in [-0.4, -0.2) is 47.4 Å². The minimum atomic E-state index is -1.03. The van der Waals surface area contributed by atoms with E-state index in [0.29, 0.717) is 24.3 Å². The summed E-state index contributed by atoms with van der Waals surface area (Å²) in [5, 5.41) is 9.59. The minimum absolute atomic E-state index is 0.170. The van der Waals surface area contributed by atoms with Crippen molar-refractivity contribution < 1.29 is 24.2 Å². The zero-order valence-electron chi connectivity index (χ0n) is 15.1. The number of carbonyl (C=O) groups excluding carboxylic acids is 1. The zero-order valence-corrected chi connectivity index (χ0v) is 15.1. The summed E-state index contributed by atoms with van der Waals surface area (Å²) in [6.07, 6.45) is 2.76. The number of rotatable bonds is 4. The number of nitrogens with zero attached hydrogens (tertiary/aromatic N) is 1. The SMILES string of the molecule is COc1ccc(/C(=C/C2CCCN2C(=O)OC(C)(C)C)C(=O)O)cc1. The molecule has 0 saturated carbocycles. The van der Waals surface area contributed by atoms with Crippen molar-refractivity contribution in [1.29, 1.82) is 0 Å². The first-order valence-corrected chi connectivity index (χ1v) is 8.30. The number of carboxylic acid groups (broad SMARTS) is 1. The molecule has 0 aliphatic carbocycles. The van der Waals surface area contributed by atoms with Gasteiger partial charge in [-0.1, -0.05) is 12.1 Å². The predicted molar refractivity (Wildman–Crippen MR) is 94.6 cm³/mol. The van der Waals surface area contributed by atoms with Gasteiger partial charge < -0.3 is 19.5 Å². The van der Waals surface area contributed by atoms with E-state index >= 15 is 0 Å². The number of carboxylic acids is 1. The lowest BCUT2D eigenvalue weighted by Crippen LogP contribution is -2.39.